The molecule has 2 heterocycles. The summed E-state index contributed by atoms with van der Waals surface area (Å²) in [6.45, 7) is 3.01. The molecule has 0 spiro atoms. The molecule has 3 rings (SSSR count). The Kier molecular flexibility index (Phi) is 6.53. The molecule has 0 aliphatic carbocycles. The van der Waals surface area contributed by atoms with Crippen LogP contribution in [0.1, 0.15) is 25.3 Å². The number of benzene rings is 1. The zero-order chi connectivity index (χ0) is 20.8. The van der Waals surface area contributed by atoms with Gasteiger partial charge in [0.05, 0.1) is 17.4 Å². The molecule has 1 saturated heterocycles. The highest BCUT2D eigenvalue weighted by Crippen LogP contribution is 2.34. The van der Waals surface area contributed by atoms with Crippen molar-refractivity contribution in [2.45, 2.75) is 26.3 Å². The largest absolute Gasteiger partial charge is 0.466 e. The van der Waals surface area contributed by atoms with Crippen molar-refractivity contribution in [2.24, 2.45) is 5.92 Å². The quantitative estimate of drug-likeness (QED) is 0.427. The normalized spacial score (nSPS) is 14.5. The van der Waals surface area contributed by atoms with Crippen molar-refractivity contribution in [3.05, 3.63) is 52.1 Å². The Bertz CT molecular complexity index is 887. The first-order chi connectivity index (χ1) is 14.0. The third-order valence-electron chi connectivity index (χ3n) is 4.80. The summed E-state index contributed by atoms with van der Waals surface area (Å²) in [5.41, 5.74) is 0.107. The highest BCUT2D eigenvalue weighted by molar-refractivity contribution is 5.74. The average Bonchev–Trinajstić information content (AvgIpc) is 2.73. The van der Waals surface area contributed by atoms with Gasteiger partial charge in [-0.2, -0.15) is 0 Å². The van der Waals surface area contributed by atoms with Gasteiger partial charge in [0.15, 0.2) is 0 Å². The van der Waals surface area contributed by atoms with Crippen LogP contribution in [0.25, 0.3) is 0 Å². The second-order valence-corrected chi connectivity index (χ2v) is 6.61. The number of nitrogens with one attached hydrogen (secondary N) is 1. The molecule has 154 valence electrons. The van der Waals surface area contributed by atoms with Crippen LogP contribution in [0.5, 0.6) is 0 Å². The van der Waals surface area contributed by atoms with Crippen LogP contribution in [0.2, 0.25) is 0 Å². The molecule has 1 aromatic heterocycles. The van der Waals surface area contributed by atoms with E-state index in [1.54, 1.807) is 30.0 Å². The van der Waals surface area contributed by atoms with Gasteiger partial charge in [-0.15, -0.1) is 0 Å². The molecule has 1 N–H and O–H groups in total. The summed E-state index contributed by atoms with van der Waals surface area (Å²) in [5, 5.41) is 14.6. The van der Waals surface area contributed by atoms with Gasteiger partial charge in [0.2, 0.25) is 11.6 Å². The van der Waals surface area contributed by atoms with E-state index < -0.39 is 10.7 Å². The monoisotopic (exact) mass is 403 g/mol. The molecule has 29 heavy (non-hydrogen) atoms. The van der Waals surface area contributed by atoms with Crippen molar-refractivity contribution in [3.63, 3.8) is 0 Å². The number of esters is 1. The summed E-state index contributed by atoms with van der Waals surface area (Å²) in [7, 11) is 0. The number of halogens is 1. The van der Waals surface area contributed by atoms with Crippen LogP contribution in [0, 0.1) is 21.8 Å². The van der Waals surface area contributed by atoms with E-state index in [9.17, 15) is 19.3 Å². The van der Waals surface area contributed by atoms with Crippen molar-refractivity contribution in [3.8, 4) is 0 Å². The zero-order valence-corrected chi connectivity index (χ0v) is 16.0. The van der Waals surface area contributed by atoms with Crippen LogP contribution >= 0.6 is 0 Å². The fourth-order valence-electron chi connectivity index (χ4n) is 3.31. The molecule has 1 aliphatic heterocycles. The number of nitrogens with zero attached hydrogens (tertiary/aromatic N) is 4. The number of piperidine rings is 1. The van der Waals surface area contributed by atoms with Crippen molar-refractivity contribution >= 4 is 23.3 Å². The van der Waals surface area contributed by atoms with Crippen molar-refractivity contribution in [2.75, 3.05) is 29.9 Å². The number of carbonyl (C=O) groups is 1. The van der Waals surface area contributed by atoms with Crippen molar-refractivity contribution in [1.82, 2.24) is 9.97 Å². The number of nitro groups is 1. The van der Waals surface area contributed by atoms with Gasteiger partial charge in [-0.25, -0.2) is 14.4 Å². The number of hydrogen-bond donors (Lipinski definition) is 1. The Morgan fingerprint density at radius 3 is 2.72 bits per heavy atom. The van der Waals surface area contributed by atoms with E-state index in [1.165, 1.54) is 12.4 Å². The Hall–Kier alpha value is -3.30. The Morgan fingerprint density at radius 1 is 1.34 bits per heavy atom. The van der Waals surface area contributed by atoms with Gasteiger partial charge >= 0.3 is 11.7 Å². The smallest absolute Gasteiger partial charge is 0.353 e. The number of ether oxygens (including phenoxy) is 1. The van der Waals surface area contributed by atoms with Crippen molar-refractivity contribution < 1.29 is 18.8 Å². The zero-order valence-electron chi connectivity index (χ0n) is 16.0. The number of anilines is 2. The minimum atomic E-state index is -0.545. The molecule has 1 fully saturated rings. The van der Waals surface area contributed by atoms with E-state index in [2.05, 4.69) is 15.3 Å². The maximum absolute atomic E-state index is 13.8. The Balaban J connectivity index is 1.76. The maximum Gasteiger partial charge on any atom is 0.353 e. The highest BCUT2D eigenvalue weighted by Gasteiger charge is 2.32. The lowest BCUT2D eigenvalue weighted by Crippen LogP contribution is -2.37. The first-order valence-corrected chi connectivity index (χ1v) is 9.39. The fraction of sp³-hybridized carbons (Fsp3) is 0.421. The molecule has 2 aromatic rings. The summed E-state index contributed by atoms with van der Waals surface area (Å²) in [6.07, 6.45) is 2.29. The molecule has 9 nitrogen and oxygen atoms in total. The fourth-order valence-corrected chi connectivity index (χ4v) is 3.31. The summed E-state index contributed by atoms with van der Waals surface area (Å²) < 4.78 is 18.9. The predicted octanol–water partition coefficient (Wildman–Crippen LogP) is 2.92. The lowest BCUT2D eigenvalue weighted by Gasteiger charge is -2.31. The highest BCUT2D eigenvalue weighted by atomic mass is 19.1. The van der Waals surface area contributed by atoms with E-state index in [0.717, 1.165) is 0 Å². The van der Waals surface area contributed by atoms with Crippen molar-refractivity contribution in [1.29, 1.82) is 0 Å². The third kappa shape index (κ3) is 4.76. The van der Waals surface area contributed by atoms with Gasteiger partial charge in [0, 0.05) is 25.2 Å². The molecule has 0 bridgehead atoms. The minimum absolute atomic E-state index is 0.0239. The standard InChI is InChI=1S/C19H22FN5O4/c1-2-29-19(26)13-7-9-24(10-8-13)18-16(25(27)28)17(22-12-23-18)21-11-14-5-3-4-6-15(14)20/h3-6,12-13H,2,7-11H2,1H3,(H,21,22,23). The van der Waals surface area contributed by atoms with Gasteiger partial charge < -0.3 is 15.0 Å². The van der Waals surface area contributed by atoms with E-state index in [-0.39, 0.29) is 35.8 Å². The van der Waals surface area contributed by atoms with Crippen LogP contribution in [-0.4, -0.2) is 40.6 Å². The van der Waals surface area contributed by atoms with E-state index in [1.807, 2.05) is 0 Å². The molecule has 10 heteroatoms. The molecule has 0 saturated carbocycles. The number of aromatic nitrogens is 2. The summed E-state index contributed by atoms with van der Waals surface area (Å²) in [5.74, 6) is -0.653. The third-order valence-corrected chi connectivity index (χ3v) is 4.80. The van der Waals surface area contributed by atoms with Gasteiger partial charge in [-0.05, 0) is 25.8 Å². The van der Waals surface area contributed by atoms with Crippen LogP contribution < -0.4 is 10.2 Å². The number of rotatable bonds is 7. The predicted molar refractivity (Wildman–Crippen MR) is 104 cm³/mol. The molecular formula is C19H22FN5O4. The van der Waals surface area contributed by atoms with Crippen LogP contribution in [0.3, 0.4) is 0 Å². The summed E-state index contributed by atoms with van der Waals surface area (Å²) in [6, 6.07) is 6.18. The van der Waals surface area contributed by atoms with Gasteiger partial charge in [-0.1, -0.05) is 18.2 Å². The Labute approximate surface area is 167 Å². The van der Waals surface area contributed by atoms with Gasteiger partial charge in [0.25, 0.3) is 0 Å². The molecule has 0 amide bonds. The SMILES string of the molecule is CCOC(=O)C1CCN(c2ncnc(NCc3ccccc3F)c2[N+](=O)[O-])CC1. The first kappa shape index (κ1) is 20.4. The lowest BCUT2D eigenvalue weighted by molar-refractivity contribution is -0.383. The van der Waals surface area contributed by atoms with E-state index in [4.69, 9.17) is 4.74 Å². The van der Waals surface area contributed by atoms with Crippen LogP contribution in [0.4, 0.5) is 21.7 Å². The topological polar surface area (TPSA) is 110 Å². The molecule has 0 radical (unpaired) electrons. The van der Waals surface area contributed by atoms with Gasteiger partial charge in [0.1, 0.15) is 12.1 Å². The number of carbonyl (C=O) groups excluding carboxylic acids is 1. The Morgan fingerprint density at radius 2 is 2.07 bits per heavy atom. The van der Waals surface area contributed by atoms with E-state index in [0.29, 0.717) is 38.1 Å². The lowest BCUT2D eigenvalue weighted by atomic mass is 9.97. The average molecular weight is 403 g/mol. The van der Waals surface area contributed by atoms with E-state index >= 15 is 0 Å². The molecule has 1 aromatic carbocycles. The van der Waals surface area contributed by atoms with Crippen LogP contribution in [-0.2, 0) is 16.1 Å². The summed E-state index contributed by atoms with van der Waals surface area (Å²) >= 11 is 0. The second-order valence-electron chi connectivity index (χ2n) is 6.61. The second kappa shape index (κ2) is 9.26. The summed E-state index contributed by atoms with van der Waals surface area (Å²) in [4.78, 5) is 32.9. The molecule has 0 atom stereocenters. The molecule has 0 unspecified atom stereocenters. The number of hydrogen-bond acceptors (Lipinski definition) is 8. The maximum atomic E-state index is 13.8. The van der Waals surface area contributed by atoms with Crippen LogP contribution in [0.15, 0.2) is 30.6 Å². The van der Waals surface area contributed by atoms with Gasteiger partial charge in [-0.3, -0.25) is 14.9 Å². The first-order valence-electron chi connectivity index (χ1n) is 9.39. The molecular weight excluding hydrogens is 381 g/mol. The minimum Gasteiger partial charge on any atom is -0.466 e. The molecule has 1 aliphatic rings.